The number of methoxy groups -OCH3 is 1. The van der Waals surface area contributed by atoms with Gasteiger partial charge in [-0.3, -0.25) is 14.5 Å². The van der Waals surface area contributed by atoms with Gasteiger partial charge in [0.05, 0.1) is 13.7 Å². The molecule has 0 bridgehead atoms. The first-order valence-corrected chi connectivity index (χ1v) is 9.70. The summed E-state index contributed by atoms with van der Waals surface area (Å²) in [5.74, 6) is -0.297. The fourth-order valence-electron chi connectivity index (χ4n) is 3.96. The van der Waals surface area contributed by atoms with Gasteiger partial charge in [-0.05, 0) is 38.0 Å². The average Bonchev–Trinajstić information content (AvgIpc) is 2.67. The number of benzene rings is 1. The van der Waals surface area contributed by atoms with E-state index >= 15 is 0 Å². The van der Waals surface area contributed by atoms with Gasteiger partial charge in [0.25, 0.3) is 5.91 Å². The minimum atomic E-state index is -1.55. The molecule has 1 unspecified atom stereocenters. The lowest BCUT2D eigenvalue weighted by Crippen LogP contribution is -2.61. The number of halogens is 1. The highest BCUT2D eigenvalue weighted by molar-refractivity contribution is 5.86. The van der Waals surface area contributed by atoms with Crippen LogP contribution < -0.4 is 4.74 Å². The number of nitrogens with zero attached hydrogens (tertiary/aromatic N) is 3. The molecule has 8 heteroatoms. The van der Waals surface area contributed by atoms with Crippen molar-refractivity contribution in [3.8, 4) is 5.75 Å². The minimum absolute atomic E-state index is 0.0101. The largest absolute Gasteiger partial charge is 0.497 e. The summed E-state index contributed by atoms with van der Waals surface area (Å²) < 4.78 is 19.3. The number of likely N-dealkylation sites (tertiary alicyclic amines) is 1. The number of β-amino-alcohol motifs (C(OH)–C–C–N with tert-alkyl or cyclic N) is 1. The second-order valence-electron chi connectivity index (χ2n) is 7.50. The molecule has 154 valence electrons. The Morgan fingerprint density at radius 2 is 2.00 bits per heavy atom. The molecule has 3 rings (SSSR count). The third kappa shape index (κ3) is 4.28. The van der Waals surface area contributed by atoms with Crippen LogP contribution in [0.4, 0.5) is 4.39 Å². The van der Waals surface area contributed by atoms with E-state index in [1.165, 1.54) is 24.1 Å². The fraction of sp³-hybridized carbons (Fsp3) is 0.600. The maximum absolute atomic E-state index is 14.2. The molecular weight excluding hydrogens is 365 g/mol. The molecule has 1 aromatic rings. The lowest BCUT2D eigenvalue weighted by atomic mass is 9.90. The normalized spacial score (nSPS) is 24.0. The van der Waals surface area contributed by atoms with Crippen molar-refractivity contribution in [3.63, 3.8) is 0 Å². The zero-order valence-corrected chi connectivity index (χ0v) is 16.5. The van der Waals surface area contributed by atoms with E-state index in [1.807, 2.05) is 11.8 Å². The third-order valence-corrected chi connectivity index (χ3v) is 5.58. The number of rotatable bonds is 6. The number of piperazine rings is 1. The molecule has 0 radical (unpaired) electrons. The molecule has 0 saturated carbocycles. The summed E-state index contributed by atoms with van der Waals surface area (Å²) in [4.78, 5) is 30.2. The maximum atomic E-state index is 14.2. The predicted octanol–water partition coefficient (Wildman–Crippen LogP) is 0.852. The molecule has 7 nitrogen and oxygen atoms in total. The summed E-state index contributed by atoms with van der Waals surface area (Å²) in [6, 6.07) is 4.41. The Kier molecular flexibility index (Phi) is 6.20. The lowest BCUT2D eigenvalue weighted by molar-refractivity contribution is -0.162. The first-order chi connectivity index (χ1) is 13.4. The number of carbonyl (C=O) groups is 2. The minimum Gasteiger partial charge on any atom is -0.497 e. The van der Waals surface area contributed by atoms with Crippen LogP contribution in [0.1, 0.15) is 25.3 Å². The maximum Gasteiger partial charge on any atom is 0.256 e. The summed E-state index contributed by atoms with van der Waals surface area (Å²) >= 11 is 0. The second kappa shape index (κ2) is 8.45. The van der Waals surface area contributed by atoms with E-state index < -0.39 is 17.3 Å². The van der Waals surface area contributed by atoms with Gasteiger partial charge in [0.1, 0.15) is 11.6 Å². The van der Waals surface area contributed by atoms with Crippen molar-refractivity contribution in [2.24, 2.45) is 0 Å². The summed E-state index contributed by atoms with van der Waals surface area (Å²) in [6.07, 6.45) is 0.960. The van der Waals surface area contributed by atoms with Gasteiger partial charge in [0, 0.05) is 44.8 Å². The van der Waals surface area contributed by atoms with E-state index in [9.17, 15) is 19.1 Å². The first-order valence-electron chi connectivity index (χ1n) is 9.70. The van der Waals surface area contributed by atoms with E-state index in [0.29, 0.717) is 50.3 Å². The van der Waals surface area contributed by atoms with Crippen molar-refractivity contribution in [3.05, 3.63) is 29.6 Å². The Balaban J connectivity index is 1.69. The van der Waals surface area contributed by atoms with E-state index in [-0.39, 0.29) is 25.5 Å². The number of carbonyl (C=O) groups excluding carboxylic acids is 2. The Morgan fingerprint density at radius 3 is 2.68 bits per heavy atom. The number of likely N-dealkylation sites (N-methyl/N-ethyl adjacent to an activating group) is 1. The van der Waals surface area contributed by atoms with Gasteiger partial charge >= 0.3 is 0 Å². The molecule has 2 fully saturated rings. The van der Waals surface area contributed by atoms with Crippen LogP contribution in [0.15, 0.2) is 18.2 Å². The molecule has 2 saturated heterocycles. The van der Waals surface area contributed by atoms with Crippen LogP contribution in [-0.2, 0) is 16.1 Å². The molecule has 1 aromatic carbocycles. The molecule has 2 aliphatic rings. The van der Waals surface area contributed by atoms with Crippen molar-refractivity contribution in [2.75, 3.05) is 46.4 Å². The third-order valence-electron chi connectivity index (χ3n) is 5.58. The van der Waals surface area contributed by atoms with Crippen molar-refractivity contribution >= 4 is 11.8 Å². The van der Waals surface area contributed by atoms with Crippen molar-refractivity contribution < 1.29 is 23.8 Å². The van der Waals surface area contributed by atoms with Crippen molar-refractivity contribution in [2.45, 2.75) is 31.9 Å². The molecule has 2 amide bonds. The predicted molar refractivity (Wildman–Crippen MR) is 101 cm³/mol. The molecule has 1 N–H and O–H groups in total. The van der Waals surface area contributed by atoms with Crippen LogP contribution in [0.25, 0.3) is 0 Å². The van der Waals surface area contributed by atoms with Gasteiger partial charge in [-0.15, -0.1) is 0 Å². The molecule has 0 aromatic heterocycles. The number of piperidine rings is 1. The lowest BCUT2D eigenvalue weighted by Gasteiger charge is -2.42. The van der Waals surface area contributed by atoms with Gasteiger partial charge in [-0.1, -0.05) is 0 Å². The SMILES string of the molecule is CCN1CCN(CC2(O)CCCN(Cc3cc(OC)ccc3F)C2=O)CC1=O. The van der Waals surface area contributed by atoms with Crippen LogP contribution in [-0.4, -0.2) is 83.6 Å². The van der Waals surface area contributed by atoms with Gasteiger partial charge < -0.3 is 19.6 Å². The number of ether oxygens (including phenoxy) is 1. The standard InChI is InChI=1S/C20H28FN3O4/c1-3-23-10-9-22(13-18(23)25)14-20(27)7-4-8-24(19(20)26)12-15-11-16(28-2)5-6-17(15)21/h5-6,11,27H,3-4,7-10,12-14H2,1-2H3. The van der Waals surface area contributed by atoms with Crippen molar-refractivity contribution in [1.29, 1.82) is 0 Å². The van der Waals surface area contributed by atoms with Crippen LogP contribution in [0, 0.1) is 5.82 Å². The molecule has 2 aliphatic heterocycles. The second-order valence-corrected chi connectivity index (χ2v) is 7.50. The summed E-state index contributed by atoms with van der Waals surface area (Å²) in [7, 11) is 1.50. The van der Waals surface area contributed by atoms with Crippen LogP contribution in [0.3, 0.4) is 0 Å². The smallest absolute Gasteiger partial charge is 0.256 e. The number of hydrogen-bond donors (Lipinski definition) is 1. The van der Waals surface area contributed by atoms with Gasteiger partial charge in [-0.25, -0.2) is 4.39 Å². The number of amides is 2. The molecule has 0 aliphatic carbocycles. The first kappa shape index (κ1) is 20.5. The highest BCUT2D eigenvalue weighted by atomic mass is 19.1. The monoisotopic (exact) mass is 393 g/mol. The quantitative estimate of drug-likeness (QED) is 0.776. The van der Waals surface area contributed by atoms with Gasteiger partial charge in [0.2, 0.25) is 5.91 Å². The molecular formula is C20H28FN3O4. The zero-order valence-electron chi connectivity index (χ0n) is 16.5. The summed E-state index contributed by atoms with van der Waals surface area (Å²) in [5, 5.41) is 11.0. The fourth-order valence-corrected chi connectivity index (χ4v) is 3.96. The van der Waals surface area contributed by atoms with E-state index in [4.69, 9.17) is 4.74 Å². The molecule has 0 spiro atoms. The average molecular weight is 393 g/mol. The molecule has 2 heterocycles. The zero-order chi connectivity index (χ0) is 20.3. The Labute approximate surface area is 164 Å². The van der Waals surface area contributed by atoms with Crippen LogP contribution in [0.5, 0.6) is 5.75 Å². The number of aliphatic hydroxyl groups is 1. The van der Waals surface area contributed by atoms with Gasteiger partial charge in [0.15, 0.2) is 5.60 Å². The summed E-state index contributed by atoms with van der Waals surface area (Å²) in [5.41, 5.74) is -1.20. The Bertz CT molecular complexity index is 744. The summed E-state index contributed by atoms with van der Waals surface area (Å²) in [6.45, 7) is 4.67. The Morgan fingerprint density at radius 1 is 1.21 bits per heavy atom. The molecule has 1 atom stereocenters. The highest BCUT2D eigenvalue weighted by Crippen LogP contribution is 2.27. The van der Waals surface area contributed by atoms with Crippen molar-refractivity contribution in [1.82, 2.24) is 14.7 Å². The van der Waals surface area contributed by atoms with E-state index in [0.717, 1.165) is 0 Å². The molecule has 28 heavy (non-hydrogen) atoms. The van der Waals surface area contributed by atoms with E-state index in [1.54, 1.807) is 11.0 Å². The van der Waals surface area contributed by atoms with Gasteiger partial charge in [-0.2, -0.15) is 0 Å². The Hall–Kier alpha value is -2.19. The highest BCUT2D eigenvalue weighted by Gasteiger charge is 2.44. The van der Waals surface area contributed by atoms with E-state index in [2.05, 4.69) is 0 Å². The van der Waals surface area contributed by atoms with Crippen LogP contribution >= 0.6 is 0 Å². The van der Waals surface area contributed by atoms with Crippen LogP contribution in [0.2, 0.25) is 0 Å². The topological polar surface area (TPSA) is 73.3 Å². The number of hydrogen-bond acceptors (Lipinski definition) is 5.